The monoisotopic (exact) mass is 460 g/mol. The second kappa shape index (κ2) is 7.46. The molecule has 0 radical (unpaired) electrons. The Balaban J connectivity index is 1.87. The summed E-state index contributed by atoms with van der Waals surface area (Å²) in [6, 6.07) is 10.7. The minimum Gasteiger partial charge on any atom is -0.300 e. The van der Waals surface area contributed by atoms with Crippen molar-refractivity contribution in [3.05, 3.63) is 68.0 Å². The normalized spacial score (nSPS) is 17.8. The number of carbonyl (C=O) groups is 1. The first-order valence-electron chi connectivity index (χ1n) is 7.14. The number of carbonyl (C=O) groups excluding carboxylic acids is 1. The van der Waals surface area contributed by atoms with Crippen LogP contribution >= 0.6 is 39.3 Å². The highest BCUT2D eigenvalue weighted by Crippen LogP contribution is 2.37. The third-order valence-electron chi connectivity index (χ3n) is 3.28. The van der Waals surface area contributed by atoms with Crippen molar-refractivity contribution < 1.29 is 18.0 Å². The number of benzene rings is 2. The van der Waals surface area contributed by atoms with E-state index in [4.69, 9.17) is 11.6 Å². The smallest absolute Gasteiger partial charge is 0.300 e. The number of aliphatic imine (C=N–C) groups is 1. The van der Waals surface area contributed by atoms with Crippen LogP contribution in [-0.4, -0.2) is 11.1 Å². The molecular formula is C17H9BrClF3N2OS. The van der Waals surface area contributed by atoms with E-state index in [0.717, 1.165) is 33.9 Å². The Morgan fingerprint density at radius 3 is 2.65 bits per heavy atom. The number of hydrogen-bond donors (Lipinski definition) is 1. The SMILES string of the molecule is O=C1NC(=Nc2ccc(Cl)c(C(F)(F)F)c2)S/C1=C\c1cccc(Br)c1. The molecule has 1 N–H and O–H groups in total. The molecule has 0 saturated carbocycles. The van der Waals surface area contributed by atoms with Gasteiger partial charge in [0.2, 0.25) is 0 Å². The quantitative estimate of drug-likeness (QED) is 0.556. The Labute approximate surface area is 164 Å². The van der Waals surface area contributed by atoms with Gasteiger partial charge in [0.05, 0.1) is 21.2 Å². The van der Waals surface area contributed by atoms with E-state index in [9.17, 15) is 18.0 Å². The first-order chi connectivity index (χ1) is 12.2. The molecule has 2 aromatic rings. The second-order valence-electron chi connectivity index (χ2n) is 5.20. The standard InChI is InChI=1S/C17H9BrClF3N2OS/c18-10-3-1-2-9(6-10)7-14-15(25)24-16(26-14)23-11-4-5-13(19)12(8-11)17(20,21)22/h1-8H,(H,23,24,25)/b14-7-. The molecule has 1 aliphatic heterocycles. The van der Waals surface area contributed by atoms with E-state index in [1.54, 1.807) is 6.08 Å². The molecule has 0 unspecified atom stereocenters. The highest BCUT2D eigenvalue weighted by Gasteiger charge is 2.33. The number of amides is 1. The van der Waals surface area contributed by atoms with E-state index in [0.29, 0.717) is 4.91 Å². The van der Waals surface area contributed by atoms with Crippen molar-refractivity contribution in [2.75, 3.05) is 0 Å². The Hall–Kier alpha value is -1.77. The molecule has 2 aromatic carbocycles. The second-order valence-corrected chi connectivity index (χ2v) is 7.55. The van der Waals surface area contributed by atoms with Crippen molar-refractivity contribution in [2.24, 2.45) is 4.99 Å². The third-order valence-corrected chi connectivity index (χ3v) is 5.02. The summed E-state index contributed by atoms with van der Waals surface area (Å²) >= 11 is 9.99. The number of thioether (sulfide) groups is 1. The van der Waals surface area contributed by atoms with E-state index in [-0.39, 0.29) is 16.8 Å². The Morgan fingerprint density at radius 1 is 1.19 bits per heavy atom. The average molecular weight is 462 g/mol. The molecular weight excluding hydrogens is 453 g/mol. The van der Waals surface area contributed by atoms with Gasteiger partial charge in [0, 0.05) is 4.47 Å². The highest BCUT2D eigenvalue weighted by molar-refractivity contribution is 9.10. The number of rotatable bonds is 2. The zero-order valence-corrected chi connectivity index (χ0v) is 15.9. The van der Waals surface area contributed by atoms with Crippen molar-refractivity contribution in [3.8, 4) is 0 Å². The first-order valence-corrected chi connectivity index (χ1v) is 9.13. The number of hydrogen-bond acceptors (Lipinski definition) is 3. The van der Waals surface area contributed by atoms with Gasteiger partial charge in [-0.2, -0.15) is 13.2 Å². The number of halogens is 5. The van der Waals surface area contributed by atoms with Gasteiger partial charge in [0.25, 0.3) is 5.91 Å². The van der Waals surface area contributed by atoms with Gasteiger partial charge in [-0.05, 0) is 53.7 Å². The molecule has 0 bridgehead atoms. The Kier molecular flexibility index (Phi) is 5.45. The van der Waals surface area contributed by atoms with E-state index in [2.05, 4.69) is 26.2 Å². The topological polar surface area (TPSA) is 41.5 Å². The molecule has 3 rings (SSSR count). The van der Waals surface area contributed by atoms with Crippen LogP contribution in [0.2, 0.25) is 5.02 Å². The fourth-order valence-corrected chi connectivity index (χ4v) is 3.63. The third kappa shape index (κ3) is 4.49. The molecule has 0 spiro atoms. The summed E-state index contributed by atoms with van der Waals surface area (Å²) in [6.07, 6.45) is -2.90. The molecule has 1 heterocycles. The maximum Gasteiger partial charge on any atom is 0.417 e. The zero-order chi connectivity index (χ0) is 18.9. The molecule has 3 nitrogen and oxygen atoms in total. The van der Waals surface area contributed by atoms with Crippen molar-refractivity contribution in [2.45, 2.75) is 6.18 Å². The maximum absolute atomic E-state index is 12.9. The lowest BCUT2D eigenvalue weighted by molar-refractivity contribution is -0.137. The van der Waals surface area contributed by atoms with Crippen LogP contribution in [0.25, 0.3) is 6.08 Å². The van der Waals surface area contributed by atoms with Gasteiger partial charge in [-0.15, -0.1) is 0 Å². The lowest BCUT2D eigenvalue weighted by Crippen LogP contribution is -2.19. The molecule has 134 valence electrons. The highest BCUT2D eigenvalue weighted by atomic mass is 79.9. The van der Waals surface area contributed by atoms with Gasteiger partial charge in [-0.25, -0.2) is 4.99 Å². The minimum absolute atomic E-state index is 0.0493. The van der Waals surface area contributed by atoms with Crippen LogP contribution in [0.3, 0.4) is 0 Å². The summed E-state index contributed by atoms with van der Waals surface area (Å²) in [4.78, 5) is 16.5. The fraction of sp³-hybridized carbons (Fsp3) is 0.0588. The van der Waals surface area contributed by atoms with Gasteiger partial charge in [0.15, 0.2) is 5.17 Å². The van der Waals surface area contributed by atoms with Gasteiger partial charge in [-0.3, -0.25) is 4.79 Å². The molecule has 26 heavy (non-hydrogen) atoms. The predicted octanol–water partition coefficient (Wildman–Crippen LogP) is 6.01. The minimum atomic E-state index is -4.58. The van der Waals surface area contributed by atoms with Gasteiger partial charge in [-0.1, -0.05) is 39.7 Å². The van der Waals surface area contributed by atoms with E-state index >= 15 is 0 Å². The summed E-state index contributed by atoms with van der Waals surface area (Å²) in [7, 11) is 0. The average Bonchev–Trinajstić information content (AvgIpc) is 2.87. The lowest BCUT2D eigenvalue weighted by atomic mass is 10.2. The van der Waals surface area contributed by atoms with Crippen molar-refractivity contribution in [1.82, 2.24) is 5.32 Å². The Bertz CT molecular complexity index is 944. The van der Waals surface area contributed by atoms with Crippen LogP contribution in [0, 0.1) is 0 Å². The van der Waals surface area contributed by atoms with Gasteiger partial charge >= 0.3 is 6.18 Å². The molecule has 0 atom stereocenters. The Morgan fingerprint density at radius 2 is 1.96 bits per heavy atom. The number of amidine groups is 1. The van der Waals surface area contributed by atoms with Crippen LogP contribution in [0.15, 0.2) is 56.8 Å². The summed E-state index contributed by atoms with van der Waals surface area (Å²) in [5, 5.41) is 2.34. The molecule has 1 saturated heterocycles. The van der Waals surface area contributed by atoms with E-state index in [1.807, 2.05) is 24.3 Å². The zero-order valence-electron chi connectivity index (χ0n) is 12.8. The fourth-order valence-electron chi connectivity index (χ4n) is 2.15. The van der Waals surface area contributed by atoms with Crippen LogP contribution in [-0.2, 0) is 11.0 Å². The predicted molar refractivity (Wildman–Crippen MR) is 101 cm³/mol. The van der Waals surface area contributed by atoms with E-state index in [1.165, 1.54) is 6.07 Å². The van der Waals surface area contributed by atoms with Gasteiger partial charge in [0.1, 0.15) is 0 Å². The molecule has 1 aliphatic rings. The summed E-state index contributed by atoms with van der Waals surface area (Å²) in [5.41, 5.74) is -0.113. The number of nitrogens with zero attached hydrogens (tertiary/aromatic N) is 1. The van der Waals surface area contributed by atoms with Crippen LogP contribution in [0.1, 0.15) is 11.1 Å². The largest absolute Gasteiger partial charge is 0.417 e. The summed E-state index contributed by atoms with van der Waals surface area (Å²) in [5.74, 6) is -0.362. The van der Waals surface area contributed by atoms with Crippen molar-refractivity contribution in [1.29, 1.82) is 0 Å². The first kappa shape index (κ1) is 19.0. The van der Waals surface area contributed by atoms with E-state index < -0.39 is 16.8 Å². The number of nitrogens with one attached hydrogen (secondary N) is 1. The molecule has 1 amide bonds. The molecule has 1 fully saturated rings. The maximum atomic E-state index is 12.9. The summed E-state index contributed by atoms with van der Waals surface area (Å²) < 4.78 is 39.6. The lowest BCUT2D eigenvalue weighted by Gasteiger charge is -2.09. The van der Waals surface area contributed by atoms with Crippen molar-refractivity contribution in [3.63, 3.8) is 0 Å². The summed E-state index contributed by atoms with van der Waals surface area (Å²) in [6.45, 7) is 0. The molecule has 9 heteroatoms. The van der Waals surface area contributed by atoms with Gasteiger partial charge < -0.3 is 5.32 Å². The molecule has 0 aromatic heterocycles. The molecule has 0 aliphatic carbocycles. The number of alkyl halides is 3. The van der Waals surface area contributed by atoms with Crippen LogP contribution in [0.4, 0.5) is 18.9 Å². The van der Waals surface area contributed by atoms with Crippen molar-refractivity contribution >= 4 is 62.1 Å². The van der Waals surface area contributed by atoms with Crippen LogP contribution in [0.5, 0.6) is 0 Å². The van der Waals surface area contributed by atoms with Crippen LogP contribution < -0.4 is 5.32 Å².